The van der Waals surface area contributed by atoms with Crippen molar-refractivity contribution in [2.75, 3.05) is 20.3 Å². The minimum absolute atomic E-state index is 0.0483. The van der Waals surface area contributed by atoms with Gasteiger partial charge in [0.25, 0.3) is 0 Å². The van der Waals surface area contributed by atoms with Gasteiger partial charge >= 0.3 is 0 Å². The Balaban J connectivity index is 2.09. The van der Waals surface area contributed by atoms with Crippen LogP contribution < -0.4 is 5.32 Å². The van der Waals surface area contributed by atoms with E-state index in [9.17, 15) is 4.79 Å². The summed E-state index contributed by atoms with van der Waals surface area (Å²) >= 11 is 0. The number of carbonyl (C=O) groups is 1. The third-order valence-electron chi connectivity index (χ3n) is 4.15. The van der Waals surface area contributed by atoms with E-state index >= 15 is 0 Å². The van der Waals surface area contributed by atoms with Crippen molar-refractivity contribution in [3.63, 3.8) is 0 Å². The lowest BCUT2D eigenvalue weighted by Gasteiger charge is -2.41. The largest absolute Gasteiger partial charge is 0.396 e. The summed E-state index contributed by atoms with van der Waals surface area (Å²) in [5, 5.41) is 12.1. The van der Waals surface area contributed by atoms with Crippen LogP contribution in [0.5, 0.6) is 0 Å². The maximum absolute atomic E-state index is 12.7. The van der Waals surface area contributed by atoms with Gasteiger partial charge in [-0.05, 0) is 24.8 Å². The van der Waals surface area contributed by atoms with Gasteiger partial charge in [0.2, 0.25) is 5.91 Å². The third-order valence-corrected chi connectivity index (χ3v) is 4.15. The predicted octanol–water partition coefficient (Wildman–Crippen LogP) is 1.62. The second-order valence-electron chi connectivity index (χ2n) is 5.44. The monoisotopic (exact) mass is 277 g/mol. The molecule has 1 aliphatic rings. The zero-order valence-corrected chi connectivity index (χ0v) is 12.0. The first kappa shape index (κ1) is 15.0. The minimum Gasteiger partial charge on any atom is -0.396 e. The molecular formula is C16H23NO3. The zero-order chi connectivity index (χ0) is 14.4. The Bertz CT molecular complexity index is 423. The number of ether oxygens (including phenoxy) is 1. The van der Waals surface area contributed by atoms with E-state index in [2.05, 4.69) is 5.32 Å². The topological polar surface area (TPSA) is 58.6 Å². The summed E-state index contributed by atoms with van der Waals surface area (Å²) in [5.41, 5.74) is 0.701. The molecule has 2 N–H and O–H groups in total. The molecule has 4 nitrogen and oxygen atoms in total. The molecule has 0 saturated heterocycles. The fraction of sp³-hybridized carbons (Fsp3) is 0.562. The Hall–Kier alpha value is -1.39. The molecule has 1 aromatic carbocycles. The van der Waals surface area contributed by atoms with Crippen LogP contribution in [0.25, 0.3) is 0 Å². The molecule has 2 rings (SSSR count). The first-order valence-corrected chi connectivity index (χ1v) is 7.19. The van der Waals surface area contributed by atoms with E-state index in [1.807, 2.05) is 30.3 Å². The van der Waals surface area contributed by atoms with Crippen molar-refractivity contribution in [1.29, 1.82) is 0 Å². The Morgan fingerprint density at radius 2 is 2.10 bits per heavy atom. The summed E-state index contributed by atoms with van der Waals surface area (Å²) in [7, 11) is 1.60. The van der Waals surface area contributed by atoms with Gasteiger partial charge in [0.05, 0.1) is 18.1 Å². The van der Waals surface area contributed by atoms with Crippen LogP contribution in [0.1, 0.15) is 31.2 Å². The molecule has 0 spiro atoms. The molecule has 1 fully saturated rings. The summed E-state index contributed by atoms with van der Waals surface area (Å²) < 4.78 is 5.10. The van der Waals surface area contributed by atoms with Gasteiger partial charge in [0.1, 0.15) is 0 Å². The van der Waals surface area contributed by atoms with Crippen LogP contribution in [0.15, 0.2) is 30.3 Å². The van der Waals surface area contributed by atoms with Crippen molar-refractivity contribution in [2.45, 2.75) is 37.1 Å². The smallest absolute Gasteiger partial charge is 0.230 e. The molecule has 1 saturated carbocycles. The van der Waals surface area contributed by atoms with Crippen LogP contribution in [-0.2, 0) is 14.9 Å². The SMILES string of the molecule is COCC(CCO)NC(=O)C1(c2ccccc2)CCC1. The molecular weight excluding hydrogens is 254 g/mol. The molecule has 0 aromatic heterocycles. The lowest BCUT2D eigenvalue weighted by molar-refractivity contribution is -0.131. The van der Waals surface area contributed by atoms with E-state index in [0.29, 0.717) is 13.0 Å². The van der Waals surface area contributed by atoms with Crippen LogP contribution >= 0.6 is 0 Å². The van der Waals surface area contributed by atoms with E-state index in [1.165, 1.54) is 0 Å². The number of hydrogen-bond donors (Lipinski definition) is 2. The van der Waals surface area contributed by atoms with Crippen LogP contribution in [0, 0.1) is 0 Å². The van der Waals surface area contributed by atoms with Gasteiger partial charge in [-0.3, -0.25) is 4.79 Å². The Morgan fingerprint density at radius 1 is 1.40 bits per heavy atom. The summed E-state index contributed by atoms with van der Waals surface area (Å²) in [6.07, 6.45) is 3.38. The Morgan fingerprint density at radius 3 is 2.60 bits per heavy atom. The second kappa shape index (κ2) is 6.86. The van der Waals surface area contributed by atoms with Crippen LogP contribution in [0.2, 0.25) is 0 Å². The molecule has 110 valence electrons. The molecule has 0 radical (unpaired) electrons. The number of hydrogen-bond acceptors (Lipinski definition) is 3. The van der Waals surface area contributed by atoms with Crippen molar-refractivity contribution in [1.82, 2.24) is 5.32 Å². The second-order valence-corrected chi connectivity index (χ2v) is 5.44. The summed E-state index contributed by atoms with van der Waals surface area (Å²) in [4.78, 5) is 12.7. The van der Waals surface area contributed by atoms with Crippen molar-refractivity contribution in [2.24, 2.45) is 0 Å². The summed E-state index contributed by atoms with van der Waals surface area (Å²) in [6.45, 7) is 0.476. The standard InChI is InChI=1S/C16H23NO3/c1-20-12-14(8-11-18)17-15(19)16(9-5-10-16)13-6-3-2-4-7-13/h2-4,6-7,14,18H,5,8-12H2,1H3,(H,17,19). The fourth-order valence-electron chi connectivity index (χ4n) is 2.81. The number of nitrogens with one attached hydrogen (secondary N) is 1. The van der Waals surface area contributed by atoms with Gasteiger partial charge < -0.3 is 15.2 Å². The van der Waals surface area contributed by atoms with E-state index in [1.54, 1.807) is 7.11 Å². The average molecular weight is 277 g/mol. The molecule has 1 unspecified atom stereocenters. The Kier molecular flexibility index (Phi) is 5.15. The molecule has 4 heteroatoms. The number of aliphatic hydroxyl groups is 1. The van der Waals surface area contributed by atoms with Crippen molar-refractivity contribution < 1.29 is 14.6 Å². The zero-order valence-electron chi connectivity index (χ0n) is 12.0. The van der Waals surface area contributed by atoms with E-state index in [0.717, 1.165) is 24.8 Å². The molecule has 0 bridgehead atoms. The maximum Gasteiger partial charge on any atom is 0.230 e. The highest BCUT2D eigenvalue weighted by Crippen LogP contribution is 2.43. The van der Waals surface area contributed by atoms with Crippen molar-refractivity contribution in [3.05, 3.63) is 35.9 Å². The molecule has 1 aromatic rings. The normalized spacial score (nSPS) is 18.1. The molecule has 1 aliphatic carbocycles. The van der Waals surface area contributed by atoms with E-state index in [-0.39, 0.29) is 24.0 Å². The number of amides is 1. The highest BCUT2D eigenvalue weighted by molar-refractivity contribution is 5.89. The number of aliphatic hydroxyl groups excluding tert-OH is 1. The van der Waals surface area contributed by atoms with Crippen LogP contribution in [0.4, 0.5) is 0 Å². The van der Waals surface area contributed by atoms with Gasteiger partial charge in [-0.2, -0.15) is 0 Å². The molecule has 0 aliphatic heterocycles. The van der Waals surface area contributed by atoms with E-state index in [4.69, 9.17) is 9.84 Å². The first-order chi connectivity index (χ1) is 9.73. The first-order valence-electron chi connectivity index (χ1n) is 7.19. The van der Waals surface area contributed by atoms with Gasteiger partial charge in [-0.15, -0.1) is 0 Å². The van der Waals surface area contributed by atoms with Gasteiger partial charge in [-0.25, -0.2) is 0 Å². The highest BCUT2D eigenvalue weighted by atomic mass is 16.5. The number of benzene rings is 1. The average Bonchev–Trinajstić information content (AvgIpc) is 2.39. The Labute approximate surface area is 120 Å². The number of rotatable bonds is 7. The summed E-state index contributed by atoms with van der Waals surface area (Å²) in [6, 6.07) is 9.84. The van der Waals surface area contributed by atoms with Crippen LogP contribution in [0.3, 0.4) is 0 Å². The predicted molar refractivity (Wildman–Crippen MR) is 77.5 cm³/mol. The minimum atomic E-state index is -0.386. The maximum atomic E-state index is 12.7. The molecule has 20 heavy (non-hydrogen) atoms. The van der Waals surface area contributed by atoms with Gasteiger partial charge in [-0.1, -0.05) is 36.8 Å². The highest BCUT2D eigenvalue weighted by Gasteiger charge is 2.45. The quantitative estimate of drug-likeness (QED) is 0.796. The lowest BCUT2D eigenvalue weighted by atomic mass is 9.63. The van der Waals surface area contributed by atoms with Gasteiger partial charge in [0, 0.05) is 13.7 Å². The summed E-state index contributed by atoms with van der Waals surface area (Å²) in [5.74, 6) is 0.0606. The molecule has 1 atom stereocenters. The fourth-order valence-corrected chi connectivity index (χ4v) is 2.81. The third kappa shape index (κ3) is 3.02. The van der Waals surface area contributed by atoms with Crippen molar-refractivity contribution >= 4 is 5.91 Å². The van der Waals surface area contributed by atoms with Gasteiger partial charge in [0.15, 0.2) is 0 Å². The van der Waals surface area contributed by atoms with E-state index < -0.39 is 0 Å². The van der Waals surface area contributed by atoms with Crippen molar-refractivity contribution in [3.8, 4) is 0 Å². The number of carbonyl (C=O) groups excluding carboxylic acids is 1. The molecule has 1 amide bonds. The lowest BCUT2D eigenvalue weighted by Crippen LogP contribution is -2.53. The number of methoxy groups -OCH3 is 1. The molecule has 0 heterocycles. The van der Waals surface area contributed by atoms with Crippen LogP contribution in [-0.4, -0.2) is 37.4 Å².